The zero-order chi connectivity index (χ0) is 4.83. The third-order valence-corrected chi connectivity index (χ3v) is 0.641. The normalized spacial score (nSPS) is 7.71. The summed E-state index contributed by atoms with van der Waals surface area (Å²) in [5, 5.41) is 3.89. The van der Waals surface area contributed by atoms with Crippen molar-refractivity contribution in [2.45, 2.75) is 13.3 Å². The zero-order valence-corrected chi connectivity index (χ0v) is 7.17. The van der Waals surface area contributed by atoms with E-state index >= 15 is 0 Å². The molecule has 1 radical (unpaired) electrons. The van der Waals surface area contributed by atoms with E-state index in [1.807, 2.05) is 14.0 Å². The summed E-state index contributed by atoms with van der Waals surface area (Å²) in [6, 6.07) is 0. The SMILES string of the molecule is C[CH-]CC[N-]C.[Ir]. The van der Waals surface area contributed by atoms with Crippen molar-refractivity contribution in [3.63, 3.8) is 0 Å². The maximum atomic E-state index is 3.89. The van der Waals surface area contributed by atoms with Crippen molar-refractivity contribution in [1.29, 1.82) is 0 Å². The van der Waals surface area contributed by atoms with Crippen LogP contribution in [0.15, 0.2) is 0 Å². The molecule has 0 aliphatic rings. The van der Waals surface area contributed by atoms with Crippen molar-refractivity contribution in [3.8, 4) is 0 Å². The molecule has 47 valence electrons. The molecule has 0 atom stereocenters. The molecule has 0 unspecified atom stereocenters. The van der Waals surface area contributed by atoms with E-state index in [0.29, 0.717) is 0 Å². The van der Waals surface area contributed by atoms with Crippen LogP contribution in [0.3, 0.4) is 0 Å². The van der Waals surface area contributed by atoms with Crippen LogP contribution in [0.4, 0.5) is 0 Å². The minimum atomic E-state index is 0. The van der Waals surface area contributed by atoms with E-state index in [1.165, 1.54) is 0 Å². The smallest absolute Gasteiger partial charge is 0 e. The molecule has 0 aliphatic carbocycles. The Labute approximate surface area is 59.2 Å². The van der Waals surface area contributed by atoms with E-state index in [2.05, 4.69) is 11.7 Å². The molecule has 2 heteroatoms. The van der Waals surface area contributed by atoms with E-state index in [1.54, 1.807) is 0 Å². The van der Waals surface area contributed by atoms with Crippen molar-refractivity contribution in [2.75, 3.05) is 13.6 Å². The first-order valence-corrected chi connectivity index (χ1v) is 2.25. The van der Waals surface area contributed by atoms with Gasteiger partial charge in [-0.05, 0) is 0 Å². The van der Waals surface area contributed by atoms with Gasteiger partial charge in [0.15, 0.2) is 0 Å². The van der Waals surface area contributed by atoms with Gasteiger partial charge in [0, 0.05) is 20.1 Å². The fourth-order valence-corrected chi connectivity index (χ4v) is 0.258. The number of hydrogen-bond donors (Lipinski definition) is 0. The van der Waals surface area contributed by atoms with E-state index in [-0.39, 0.29) is 20.1 Å². The van der Waals surface area contributed by atoms with Gasteiger partial charge >= 0.3 is 0 Å². The Bertz CT molecular complexity index is 20.0. The molecule has 0 aromatic carbocycles. The van der Waals surface area contributed by atoms with Gasteiger partial charge in [-0.15, -0.1) is 0 Å². The second-order valence-electron chi connectivity index (χ2n) is 1.24. The van der Waals surface area contributed by atoms with Crippen LogP contribution in [-0.4, -0.2) is 13.6 Å². The monoisotopic (exact) mass is 278 g/mol. The van der Waals surface area contributed by atoms with Gasteiger partial charge in [-0.25, -0.2) is 0 Å². The average Bonchev–Trinajstić information content (AvgIpc) is 1.61. The Hall–Kier alpha value is 0.609. The fourth-order valence-electron chi connectivity index (χ4n) is 0.258. The first-order chi connectivity index (χ1) is 2.91. The Morgan fingerprint density at radius 1 is 1.57 bits per heavy atom. The second-order valence-corrected chi connectivity index (χ2v) is 1.24. The molecule has 0 aliphatic heterocycles. The largest absolute Gasteiger partial charge is 0.667 e. The zero-order valence-electron chi connectivity index (χ0n) is 4.77. The minimum absolute atomic E-state index is 0. The number of hydrogen-bond acceptors (Lipinski definition) is 0. The van der Waals surface area contributed by atoms with Crippen LogP contribution in [0.2, 0.25) is 0 Å². The van der Waals surface area contributed by atoms with Crippen LogP contribution >= 0.6 is 0 Å². The molecule has 0 amide bonds. The molecule has 7 heavy (non-hydrogen) atoms. The van der Waals surface area contributed by atoms with Gasteiger partial charge in [0.05, 0.1) is 0 Å². The average molecular weight is 277 g/mol. The Kier molecular flexibility index (Phi) is 14.8. The van der Waals surface area contributed by atoms with Crippen molar-refractivity contribution in [2.24, 2.45) is 0 Å². The van der Waals surface area contributed by atoms with E-state index in [0.717, 1.165) is 13.0 Å². The summed E-state index contributed by atoms with van der Waals surface area (Å²) < 4.78 is 0. The molecule has 0 fully saturated rings. The molecule has 0 aromatic rings. The van der Waals surface area contributed by atoms with Crippen molar-refractivity contribution >= 4 is 0 Å². The molecule has 0 heterocycles. The van der Waals surface area contributed by atoms with Crippen LogP contribution < -0.4 is 0 Å². The maximum Gasteiger partial charge on any atom is 0 e. The summed E-state index contributed by atoms with van der Waals surface area (Å²) >= 11 is 0. The molecular formula is C5H11IrN-2. The topological polar surface area (TPSA) is 14.1 Å². The third kappa shape index (κ3) is 10.8. The Morgan fingerprint density at radius 2 is 2.14 bits per heavy atom. The van der Waals surface area contributed by atoms with Crippen molar-refractivity contribution in [3.05, 3.63) is 11.7 Å². The predicted molar refractivity (Wildman–Crippen MR) is 28.7 cm³/mol. The molecule has 0 saturated heterocycles. The van der Waals surface area contributed by atoms with E-state index in [9.17, 15) is 0 Å². The van der Waals surface area contributed by atoms with Crippen molar-refractivity contribution < 1.29 is 20.1 Å². The molecule has 0 rings (SSSR count). The number of nitrogens with zero attached hydrogens (tertiary/aromatic N) is 1. The van der Waals surface area contributed by atoms with Gasteiger partial charge in [0.1, 0.15) is 0 Å². The summed E-state index contributed by atoms with van der Waals surface area (Å²) in [6.45, 7) is 3.03. The van der Waals surface area contributed by atoms with Crippen LogP contribution in [0.25, 0.3) is 5.32 Å². The molecular weight excluding hydrogens is 266 g/mol. The minimum Gasteiger partial charge on any atom is -0.667 e. The van der Waals surface area contributed by atoms with Crippen LogP contribution in [0, 0.1) is 6.42 Å². The van der Waals surface area contributed by atoms with Gasteiger partial charge in [-0.3, -0.25) is 0 Å². The summed E-state index contributed by atoms with van der Waals surface area (Å²) in [4.78, 5) is 0. The number of unbranched alkanes of at least 4 members (excludes halogenated alkanes) is 1. The third-order valence-electron chi connectivity index (χ3n) is 0.641. The van der Waals surface area contributed by atoms with Crippen molar-refractivity contribution in [1.82, 2.24) is 0 Å². The van der Waals surface area contributed by atoms with Crippen LogP contribution in [0.1, 0.15) is 13.3 Å². The molecule has 1 nitrogen and oxygen atoms in total. The standard InChI is InChI=1S/C5H11N.Ir/c1-3-4-5-6-2;/h3H,4-5H2,1-2H3;/q-2;. The first kappa shape index (κ1) is 10.6. The first-order valence-electron chi connectivity index (χ1n) is 2.25. The molecule has 0 N–H and O–H groups in total. The Morgan fingerprint density at radius 3 is 2.29 bits per heavy atom. The van der Waals surface area contributed by atoms with Gasteiger partial charge in [0.2, 0.25) is 0 Å². The van der Waals surface area contributed by atoms with Gasteiger partial charge in [-0.2, -0.15) is 26.9 Å². The molecule has 0 bridgehead atoms. The Balaban J connectivity index is 0. The quantitative estimate of drug-likeness (QED) is 0.549. The summed E-state index contributed by atoms with van der Waals surface area (Å²) in [5.74, 6) is 0. The summed E-state index contributed by atoms with van der Waals surface area (Å²) in [6.07, 6.45) is 3.24. The second kappa shape index (κ2) is 9.79. The summed E-state index contributed by atoms with van der Waals surface area (Å²) in [7, 11) is 1.84. The fraction of sp³-hybridized carbons (Fsp3) is 0.800. The van der Waals surface area contributed by atoms with E-state index < -0.39 is 0 Å². The predicted octanol–water partition coefficient (Wildman–Crippen LogP) is 1.60. The van der Waals surface area contributed by atoms with E-state index in [4.69, 9.17) is 0 Å². The molecule has 0 aromatic heterocycles. The van der Waals surface area contributed by atoms with Gasteiger partial charge < -0.3 is 11.7 Å². The van der Waals surface area contributed by atoms with Gasteiger partial charge in [0.25, 0.3) is 0 Å². The molecule has 0 spiro atoms. The maximum absolute atomic E-state index is 3.89. The van der Waals surface area contributed by atoms with Crippen LogP contribution in [-0.2, 0) is 20.1 Å². The molecule has 0 saturated carbocycles. The summed E-state index contributed by atoms with van der Waals surface area (Å²) in [5.41, 5.74) is 0. The van der Waals surface area contributed by atoms with Crippen LogP contribution in [0.5, 0.6) is 0 Å². The number of rotatable bonds is 3. The van der Waals surface area contributed by atoms with Gasteiger partial charge in [-0.1, -0.05) is 0 Å².